The second-order valence-electron chi connectivity index (χ2n) is 8.65. The molecule has 2 fully saturated rings. The van der Waals surface area contributed by atoms with E-state index in [1.54, 1.807) is 19.2 Å². The van der Waals surface area contributed by atoms with Gasteiger partial charge in [0.25, 0.3) is 0 Å². The van der Waals surface area contributed by atoms with Crippen LogP contribution in [0.5, 0.6) is 0 Å². The summed E-state index contributed by atoms with van der Waals surface area (Å²) in [6.07, 6.45) is 5.93. The Hall–Kier alpha value is -3.02. The first kappa shape index (κ1) is 19.9. The number of halogens is 1. The van der Waals surface area contributed by atoms with Crippen molar-refractivity contribution in [3.63, 3.8) is 0 Å². The van der Waals surface area contributed by atoms with Gasteiger partial charge in [-0.2, -0.15) is 5.26 Å². The molecule has 1 saturated heterocycles. The number of methoxy groups -OCH3 is 1. The third-order valence-corrected chi connectivity index (χ3v) is 6.72. The van der Waals surface area contributed by atoms with E-state index in [1.165, 1.54) is 12.1 Å². The number of benzene rings is 1. The molecule has 4 atom stereocenters. The summed E-state index contributed by atoms with van der Waals surface area (Å²) in [5.41, 5.74) is 3.35. The highest BCUT2D eigenvalue weighted by Crippen LogP contribution is 2.42. The van der Waals surface area contributed by atoms with Gasteiger partial charge in [0.15, 0.2) is 0 Å². The maximum atomic E-state index is 13.2. The van der Waals surface area contributed by atoms with E-state index in [-0.39, 0.29) is 18.0 Å². The van der Waals surface area contributed by atoms with Crippen LogP contribution in [0.1, 0.15) is 30.1 Å². The van der Waals surface area contributed by atoms with Crippen LogP contribution in [-0.2, 0) is 11.3 Å². The molecule has 31 heavy (non-hydrogen) atoms. The number of fused-ring (bicyclic) bond motifs is 1. The van der Waals surface area contributed by atoms with Crippen LogP contribution in [0.15, 0.2) is 42.7 Å². The topological polar surface area (TPSA) is 82.8 Å². The van der Waals surface area contributed by atoms with E-state index >= 15 is 0 Å². The maximum Gasteiger partial charge on any atom is 0.123 e. The van der Waals surface area contributed by atoms with Gasteiger partial charge in [0, 0.05) is 38.5 Å². The first-order chi connectivity index (χ1) is 15.1. The normalized spacial score (nSPS) is 26.0. The van der Waals surface area contributed by atoms with Crippen LogP contribution in [0, 0.1) is 29.0 Å². The molecule has 3 heterocycles. The Labute approximate surface area is 180 Å². The molecule has 8 heteroatoms. The molecular weight excluding hydrogens is 395 g/mol. The van der Waals surface area contributed by atoms with Crippen LogP contribution in [-0.4, -0.2) is 51.2 Å². The summed E-state index contributed by atoms with van der Waals surface area (Å²) in [7, 11) is 1.77. The third kappa shape index (κ3) is 3.99. The van der Waals surface area contributed by atoms with Gasteiger partial charge < -0.3 is 9.72 Å². The number of nitrogens with zero attached hydrogens (tertiary/aromatic N) is 5. The van der Waals surface area contributed by atoms with Gasteiger partial charge in [0.2, 0.25) is 0 Å². The highest BCUT2D eigenvalue weighted by Gasteiger charge is 2.43. The molecule has 1 aliphatic heterocycles. The average Bonchev–Trinajstić information content (AvgIpc) is 3.52. The zero-order chi connectivity index (χ0) is 21.4. The molecule has 1 saturated carbocycles. The molecule has 1 aromatic carbocycles. The summed E-state index contributed by atoms with van der Waals surface area (Å²) in [6.45, 7) is 2.93. The zero-order valence-corrected chi connectivity index (χ0v) is 17.4. The molecule has 2 aromatic heterocycles. The highest BCUT2D eigenvalue weighted by molar-refractivity contribution is 5.57. The number of nitrogens with one attached hydrogen (secondary N) is 1. The molecular formula is C23H25FN6O. The average molecular weight is 420 g/mol. The minimum absolute atomic E-state index is 0.0846. The van der Waals surface area contributed by atoms with E-state index in [0.29, 0.717) is 17.5 Å². The number of H-pyrrole nitrogens is 1. The first-order valence-corrected chi connectivity index (χ1v) is 10.6. The van der Waals surface area contributed by atoms with Crippen molar-refractivity contribution >= 4 is 0 Å². The fraction of sp³-hybridized carbons (Fsp3) is 0.435. The Bertz CT molecular complexity index is 1080. The number of hydrogen-bond donors (Lipinski definition) is 1. The Kier molecular flexibility index (Phi) is 5.30. The minimum Gasteiger partial charge on any atom is -0.379 e. The number of aromatic amines is 1. The van der Waals surface area contributed by atoms with Crippen molar-refractivity contribution in [2.75, 3.05) is 20.2 Å². The van der Waals surface area contributed by atoms with Crippen molar-refractivity contribution in [3.8, 4) is 17.3 Å². The lowest BCUT2D eigenvalue weighted by atomic mass is 9.77. The molecule has 2 aliphatic rings. The molecule has 1 N–H and O–H groups in total. The lowest BCUT2D eigenvalue weighted by molar-refractivity contribution is -0.00545. The molecule has 1 aliphatic carbocycles. The van der Waals surface area contributed by atoms with Crippen molar-refractivity contribution < 1.29 is 9.13 Å². The van der Waals surface area contributed by atoms with Crippen LogP contribution < -0.4 is 0 Å². The van der Waals surface area contributed by atoms with Crippen LogP contribution in [0.25, 0.3) is 11.3 Å². The number of aromatic nitrogens is 4. The summed E-state index contributed by atoms with van der Waals surface area (Å²) in [5.74, 6) is 0.906. The molecule has 0 bridgehead atoms. The summed E-state index contributed by atoms with van der Waals surface area (Å²) >= 11 is 0. The molecule has 0 unspecified atom stereocenters. The molecule has 0 amide bonds. The molecule has 0 radical (unpaired) electrons. The predicted molar refractivity (Wildman–Crippen MR) is 112 cm³/mol. The highest BCUT2D eigenvalue weighted by atomic mass is 19.1. The monoisotopic (exact) mass is 420 g/mol. The van der Waals surface area contributed by atoms with E-state index in [1.807, 2.05) is 23.1 Å². The van der Waals surface area contributed by atoms with Crippen molar-refractivity contribution in [3.05, 3.63) is 59.8 Å². The standard InChI is InChI=1S/C23H25FN6O/c1-31-23-8-18-13-29(11-15-6-20(9-25)26-10-15)12-17(18)7-22(23)30-14-21(27-28-30)16-2-4-19(24)5-3-16/h2-6,10,14,17-18,22-23,26H,7-8,11-13H2,1H3/t17-,18+,22-,23-/m1/s1. The number of likely N-dealkylation sites (tertiary alicyclic amines) is 1. The second-order valence-corrected chi connectivity index (χ2v) is 8.65. The predicted octanol–water partition coefficient (Wildman–Crippen LogP) is 3.38. The van der Waals surface area contributed by atoms with E-state index in [2.05, 4.69) is 26.3 Å². The van der Waals surface area contributed by atoms with Crippen LogP contribution in [0.4, 0.5) is 4.39 Å². The van der Waals surface area contributed by atoms with Gasteiger partial charge >= 0.3 is 0 Å². The van der Waals surface area contributed by atoms with Crippen LogP contribution in [0.3, 0.4) is 0 Å². The summed E-state index contributed by atoms with van der Waals surface area (Å²) in [4.78, 5) is 5.48. The quantitative estimate of drug-likeness (QED) is 0.684. The SMILES string of the molecule is CO[C@@H]1C[C@H]2CN(Cc3c[nH]c(C#N)c3)C[C@H]2C[C@H]1n1cc(-c2ccc(F)cc2)nn1. The van der Waals surface area contributed by atoms with Gasteiger partial charge in [-0.15, -0.1) is 5.10 Å². The van der Waals surface area contributed by atoms with Crippen molar-refractivity contribution in [2.45, 2.75) is 31.5 Å². The van der Waals surface area contributed by atoms with Crippen molar-refractivity contribution in [1.82, 2.24) is 24.9 Å². The number of ether oxygens (including phenoxy) is 1. The van der Waals surface area contributed by atoms with Gasteiger partial charge in [-0.3, -0.25) is 4.90 Å². The van der Waals surface area contributed by atoms with Gasteiger partial charge in [-0.05, 0) is 60.6 Å². The van der Waals surface area contributed by atoms with E-state index < -0.39 is 0 Å². The van der Waals surface area contributed by atoms with Crippen molar-refractivity contribution in [2.24, 2.45) is 11.8 Å². The lowest BCUT2D eigenvalue weighted by Gasteiger charge is -2.37. The Morgan fingerprint density at radius 2 is 2.00 bits per heavy atom. The minimum atomic E-state index is -0.261. The van der Waals surface area contributed by atoms with E-state index in [0.717, 1.165) is 49.3 Å². The molecule has 7 nitrogen and oxygen atoms in total. The fourth-order valence-electron chi connectivity index (χ4n) is 5.19. The second kappa shape index (κ2) is 8.25. The fourth-order valence-corrected chi connectivity index (χ4v) is 5.19. The summed E-state index contributed by atoms with van der Waals surface area (Å²) < 4.78 is 21.0. The number of nitriles is 1. The van der Waals surface area contributed by atoms with Gasteiger partial charge in [0.05, 0.1) is 18.3 Å². The lowest BCUT2D eigenvalue weighted by Crippen LogP contribution is -2.37. The van der Waals surface area contributed by atoms with Gasteiger partial charge in [-0.25, -0.2) is 9.07 Å². The Balaban J connectivity index is 1.29. The summed E-state index contributed by atoms with van der Waals surface area (Å²) in [5, 5.41) is 17.7. The Morgan fingerprint density at radius 1 is 1.23 bits per heavy atom. The van der Waals surface area contributed by atoms with Crippen LogP contribution in [0.2, 0.25) is 0 Å². The number of rotatable bonds is 5. The molecule has 5 rings (SSSR count). The maximum absolute atomic E-state index is 13.2. The smallest absolute Gasteiger partial charge is 0.123 e. The largest absolute Gasteiger partial charge is 0.379 e. The first-order valence-electron chi connectivity index (χ1n) is 10.6. The molecule has 160 valence electrons. The molecule has 3 aromatic rings. The van der Waals surface area contributed by atoms with Crippen LogP contribution >= 0.6 is 0 Å². The van der Waals surface area contributed by atoms with Gasteiger partial charge in [0.1, 0.15) is 23.3 Å². The van der Waals surface area contributed by atoms with Crippen molar-refractivity contribution in [1.29, 1.82) is 5.26 Å². The molecule has 0 spiro atoms. The number of hydrogen-bond acceptors (Lipinski definition) is 5. The van der Waals surface area contributed by atoms with E-state index in [4.69, 9.17) is 10.00 Å². The zero-order valence-electron chi connectivity index (χ0n) is 17.4. The van der Waals surface area contributed by atoms with Gasteiger partial charge in [-0.1, -0.05) is 5.21 Å². The Morgan fingerprint density at radius 3 is 2.71 bits per heavy atom. The van der Waals surface area contributed by atoms with E-state index in [9.17, 15) is 4.39 Å². The summed E-state index contributed by atoms with van der Waals surface area (Å²) in [6, 6.07) is 10.5. The third-order valence-electron chi connectivity index (χ3n) is 6.72.